The first-order valence-electron chi connectivity index (χ1n) is 6.33. The molecule has 1 aromatic carbocycles. The SMILES string of the molecule is C=CCN(C(=O)C(C)(N)c1ccccc1)C1CC1. The topological polar surface area (TPSA) is 46.3 Å². The maximum Gasteiger partial charge on any atom is 0.247 e. The van der Waals surface area contributed by atoms with Crippen LogP contribution in [0.2, 0.25) is 0 Å². The lowest BCUT2D eigenvalue weighted by atomic mass is 9.91. The highest BCUT2D eigenvalue weighted by Crippen LogP contribution is 2.30. The first-order chi connectivity index (χ1) is 8.57. The predicted octanol–water partition coefficient (Wildman–Crippen LogP) is 2.04. The van der Waals surface area contributed by atoms with Gasteiger partial charge >= 0.3 is 0 Å². The van der Waals surface area contributed by atoms with Gasteiger partial charge in [-0.15, -0.1) is 6.58 Å². The second-order valence-electron chi connectivity index (χ2n) is 5.05. The molecule has 1 aliphatic carbocycles. The number of amides is 1. The van der Waals surface area contributed by atoms with E-state index in [4.69, 9.17) is 5.73 Å². The van der Waals surface area contributed by atoms with Gasteiger partial charge in [-0.05, 0) is 25.3 Å². The minimum atomic E-state index is -0.965. The number of rotatable bonds is 5. The van der Waals surface area contributed by atoms with Crippen molar-refractivity contribution in [3.63, 3.8) is 0 Å². The summed E-state index contributed by atoms with van der Waals surface area (Å²) in [5.41, 5.74) is 6.14. The van der Waals surface area contributed by atoms with Crippen molar-refractivity contribution in [2.75, 3.05) is 6.54 Å². The Kier molecular flexibility index (Phi) is 3.53. The largest absolute Gasteiger partial charge is 0.334 e. The molecule has 0 radical (unpaired) electrons. The Morgan fingerprint density at radius 2 is 2.11 bits per heavy atom. The molecule has 1 unspecified atom stereocenters. The normalized spacial score (nSPS) is 17.9. The van der Waals surface area contributed by atoms with E-state index in [1.807, 2.05) is 35.2 Å². The summed E-state index contributed by atoms with van der Waals surface area (Å²) in [6, 6.07) is 9.88. The summed E-state index contributed by atoms with van der Waals surface area (Å²) < 4.78 is 0. The molecule has 0 saturated heterocycles. The van der Waals surface area contributed by atoms with E-state index >= 15 is 0 Å². The Morgan fingerprint density at radius 1 is 1.50 bits per heavy atom. The third-order valence-electron chi connectivity index (χ3n) is 3.39. The molecule has 0 heterocycles. The second kappa shape index (κ2) is 4.94. The van der Waals surface area contributed by atoms with Gasteiger partial charge in [-0.3, -0.25) is 4.79 Å². The fraction of sp³-hybridized carbons (Fsp3) is 0.400. The Labute approximate surface area is 108 Å². The lowest BCUT2D eigenvalue weighted by molar-refractivity contribution is -0.136. The van der Waals surface area contributed by atoms with Crippen LogP contribution in [0.4, 0.5) is 0 Å². The van der Waals surface area contributed by atoms with Gasteiger partial charge in [0.15, 0.2) is 0 Å². The van der Waals surface area contributed by atoms with Gasteiger partial charge < -0.3 is 10.6 Å². The first-order valence-corrected chi connectivity index (χ1v) is 6.33. The highest BCUT2D eigenvalue weighted by atomic mass is 16.2. The van der Waals surface area contributed by atoms with Crippen LogP contribution in [0.1, 0.15) is 25.3 Å². The molecule has 2 rings (SSSR count). The van der Waals surface area contributed by atoms with Gasteiger partial charge in [0.2, 0.25) is 5.91 Å². The molecule has 96 valence electrons. The van der Waals surface area contributed by atoms with Gasteiger partial charge in [0, 0.05) is 12.6 Å². The van der Waals surface area contributed by atoms with Gasteiger partial charge in [0.05, 0.1) is 0 Å². The third kappa shape index (κ3) is 2.46. The van der Waals surface area contributed by atoms with Crippen molar-refractivity contribution in [1.29, 1.82) is 0 Å². The number of carbonyl (C=O) groups excluding carboxylic acids is 1. The molecule has 1 aromatic rings. The number of benzene rings is 1. The second-order valence-corrected chi connectivity index (χ2v) is 5.05. The van der Waals surface area contributed by atoms with Crippen LogP contribution in [0.15, 0.2) is 43.0 Å². The molecule has 1 amide bonds. The molecule has 0 bridgehead atoms. The molecule has 1 fully saturated rings. The Morgan fingerprint density at radius 3 is 2.61 bits per heavy atom. The van der Waals surface area contributed by atoms with E-state index in [1.165, 1.54) is 0 Å². The summed E-state index contributed by atoms with van der Waals surface area (Å²) in [7, 11) is 0. The van der Waals surface area contributed by atoms with Crippen molar-refractivity contribution in [3.05, 3.63) is 48.6 Å². The summed E-state index contributed by atoms with van der Waals surface area (Å²) in [6.07, 6.45) is 3.91. The fourth-order valence-corrected chi connectivity index (χ4v) is 2.13. The van der Waals surface area contributed by atoms with Crippen molar-refractivity contribution in [3.8, 4) is 0 Å². The highest BCUT2D eigenvalue weighted by Gasteiger charge is 2.40. The molecule has 0 spiro atoms. The Balaban J connectivity index is 2.22. The summed E-state index contributed by atoms with van der Waals surface area (Å²) in [5.74, 6) is -0.0175. The van der Waals surface area contributed by atoms with E-state index < -0.39 is 5.54 Å². The van der Waals surface area contributed by atoms with E-state index in [1.54, 1.807) is 13.0 Å². The molecular formula is C15H20N2O. The van der Waals surface area contributed by atoms with Crippen molar-refractivity contribution < 1.29 is 4.79 Å². The molecule has 1 aliphatic rings. The number of hydrogen-bond donors (Lipinski definition) is 1. The quantitative estimate of drug-likeness (QED) is 0.806. The van der Waals surface area contributed by atoms with Gasteiger partial charge in [0.25, 0.3) is 0 Å². The number of nitrogens with zero attached hydrogens (tertiary/aromatic N) is 1. The minimum absolute atomic E-state index is 0.0175. The smallest absolute Gasteiger partial charge is 0.247 e. The summed E-state index contributed by atoms with van der Waals surface area (Å²) in [4.78, 5) is 14.4. The number of carbonyl (C=O) groups is 1. The van der Waals surface area contributed by atoms with Crippen LogP contribution < -0.4 is 5.73 Å². The van der Waals surface area contributed by atoms with E-state index in [0.717, 1.165) is 18.4 Å². The van der Waals surface area contributed by atoms with Crippen molar-refractivity contribution in [1.82, 2.24) is 4.90 Å². The van der Waals surface area contributed by atoms with Crippen LogP contribution >= 0.6 is 0 Å². The van der Waals surface area contributed by atoms with E-state index in [0.29, 0.717) is 12.6 Å². The molecule has 0 aromatic heterocycles. The van der Waals surface area contributed by atoms with E-state index in [2.05, 4.69) is 6.58 Å². The van der Waals surface area contributed by atoms with Gasteiger partial charge in [0.1, 0.15) is 5.54 Å². The summed E-state index contributed by atoms with van der Waals surface area (Å²) in [5, 5.41) is 0. The molecule has 1 saturated carbocycles. The zero-order chi connectivity index (χ0) is 13.2. The van der Waals surface area contributed by atoms with Crippen LogP contribution in [0.5, 0.6) is 0 Å². The average molecular weight is 244 g/mol. The van der Waals surface area contributed by atoms with Crippen LogP contribution in [-0.4, -0.2) is 23.4 Å². The lowest BCUT2D eigenvalue weighted by Gasteiger charge is -2.31. The molecule has 1 atom stereocenters. The van der Waals surface area contributed by atoms with Crippen LogP contribution in [0.25, 0.3) is 0 Å². The number of nitrogens with two attached hydrogens (primary N) is 1. The maximum absolute atomic E-state index is 12.6. The van der Waals surface area contributed by atoms with E-state index in [-0.39, 0.29) is 5.91 Å². The standard InChI is InChI=1S/C15H20N2O/c1-3-11-17(13-9-10-13)14(18)15(2,16)12-7-5-4-6-8-12/h3-8,13H,1,9-11,16H2,2H3. The van der Waals surface area contributed by atoms with Crippen molar-refractivity contribution in [2.45, 2.75) is 31.3 Å². The molecule has 18 heavy (non-hydrogen) atoms. The lowest BCUT2D eigenvalue weighted by Crippen LogP contribution is -2.51. The molecule has 2 N–H and O–H groups in total. The van der Waals surface area contributed by atoms with Crippen molar-refractivity contribution >= 4 is 5.91 Å². The first kappa shape index (κ1) is 12.8. The fourth-order valence-electron chi connectivity index (χ4n) is 2.13. The highest BCUT2D eigenvalue weighted by molar-refractivity contribution is 5.87. The van der Waals surface area contributed by atoms with Gasteiger partial charge in [-0.25, -0.2) is 0 Å². The van der Waals surface area contributed by atoms with Crippen LogP contribution in [-0.2, 0) is 10.3 Å². The monoisotopic (exact) mass is 244 g/mol. The Hall–Kier alpha value is -1.61. The van der Waals surface area contributed by atoms with Crippen LogP contribution in [0, 0.1) is 0 Å². The number of hydrogen-bond acceptors (Lipinski definition) is 2. The summed E-state index contributed by atoms with van der Waals surface area (Å²) in [6.45, 7) is 6.07. The summed E-state index contributed by atoms with van der Waals surface area (Å²) >= 11 is 0. The van der Waals surface area contributed by atoms with Crippen LogP contribution in [0.3, 0.4) is 0 Å². The molecule has 3 nitrogen and oxygen atoms in total. The van der Waals surface area contributed by atoms with E-state index in [9.17, 15) is 4.79 Å². The zero-order valence-corrected chi connectivity index (χ0v) is 10.8. The molecule has 0 aliphatic heterocycles. The predicted molar refractivity (Wildman–Crippen MR) is 72.9 cm³/mol. The third-order valence-corrected chi connectivity index (χ3v) is 3.39. The van der Waals surface area contributed by atoms with Gasteiger partial charge in [-0.1, -0.05) is 36.4 Å². The minimum Gasteiger partial charge on any atom is -0.334 e. The average Bonchev–Trinajstić information content (AvgIpc) is 3.20. The molecule has 3 heteroatoms. The zero-order valence-electron chi connectivity index (χ0n) is 10.8. The van der Waals surface area contributed by atoms with Gasteiger partial charge in [-0.2, -0.15) is 0 Å². The van der Waals surface area contributed by atoms with Crippen molar-refractivity contribution in [2.24, 2.45) is 5.73 Å². The maximum atomic E-state index is 12.6. The molecular weight excluding hydrogens is 224 g/mol. The Bertz CT molecular complexity index is 435.